The Balaban J connectivity index is 1.82. The normalized spacial score (nSPS) is 17.1. The molecule has 2 aromatic carbocycles. The highest BCUT2D eigenvalue weighted by molar-refractivity contribution is 6.51. The highest BCUT2D eigenvalue weighted by Crippen LogP contribution is 2.42. The van der Waals surface area contributed by atoms with Crippen LogP contribution in [0.25, 0.3) is 5.76 Å². The minimum atomic E-state index is -0.906. The fourth-order valence-corrected chi connectivity index (χ4v) is 3.78. The van der Waals surface area contributed by atoms with Crippen LogP contribution in [0.1, 0.15) is 29.9 Å². The Hall–Kier alpha value is -4.33. The number of amides is 1. The van der Waals surface area contributed by atoms with Crippen molar-refractivity contribution in [2.24, 2.45) is 0 Å². The molecule has 8 nitrogen and oxygen atoms in total. The van der Waals surface area contributed by atoms with Gasteiger partial charge in [0.05, 0.1) is 18.2 Å². The first-order valence-corrected chi connectivity index (χ1v) is 10.8. The second-order valence-electron chi connectivity index (χ2n) is 7.59. The molecule has 34 heavy (non-hydrogen) atoms. The zero-order valence-corrected chi connectivity index (χ0v) is 18.9. The maximum absolute atomic E-state index is 13.1. The summed E-state index contributed by atoms with van der Waals surface area (Å²) in [6, 6.07) is 14.2. The summed E-state index contributed by atoms with van der Waals surface area (Å²) in [6.07, 6.45) is 1.62. The number of aryl methyl sites for hydroxylation is 1. The number of nitrogens with zero attached hydrogens (tertiary/aromatic N) is 2. The SMILES string of the molecule is C=CCOc1ccc(C(O)=C2C(=O)C(=O)N(c3cc(C)on3)C2c2ccc(OCC)cc2)cc1. The maximum atomic E-state index is 13.1. The average molecular weight is 460 g/mol. The molecule has 0 spiro atoms. The lowest BCUT2D eigenvalue weighted by Gasteiger charge is -2.23. The van der Waals surface area contributed by atoms with E-state index >= 15 is 0 Å². The number of aromatic nitrogens is 1. The topological polar surface area (TPSA) is 102 Å². The average Bonchev–Trinajstić information content (AvgIpc) is 3.38. The molecule has 4 rings (SSSR count). The third-order valence-corrected chi connectivity index (χ3v) is 5.31. The van der Waals surface area contributed by atoms with E-state index in [2.05, 4.69) is 11.7 Å². The van der Waals surface area contributed by atoms with Crippen molar-refractivity contribution in [3.05, 3.63) is 89.7 Å². The van der Waals surface area contributed by atoms with Gasteiger partial charge >= 0.3 is 5.91 Å². The summed E-state index contributed by atoms with van der Waals surface area (Å²) in [5.41, 5.74) is 0.932. The second kappa shape index (κ2) is 9.66. The molecule has 3 aromatic rings. The van der Waals surface area contributed by atoms with Crippen LogP contribution >= 0.6 is 0 Å². The number of carbonyl (C=O) groups excluding carboxylic acids is 2. The van der Waals surface area contributed by atoms with Gasteiger partial charge in [-0.3, -0.25) is 14.5 Å². The molecule has 0 saturated carbocycles. The molecule has 1 aromatic heterocycles. The van der Waals surface area contributed by atoms with Gasteiger partial charge in [-0.05, 0) is 55.8 Å². The molecule has 1 saturated heterocycles. The van der Waals surface area contributed by atoms with E-state index in [4.69, 9.17) is 14.0 Å². The van der Waals surface area contributed by atoms with Crippen LogP contribution in [-0.2, 0) is 9.59 Å². The minimum absolute atomic E-state index is 0.0467. The smallest absolute Gasteiger partial charge is 0.301 e. The van der Waals surface area contributed by atoms with E-state index in [1.807, 2.05) is 6.92 Å². The number of rotatable bonds is 8. The fraction of sp³-hybridized carbons (Fsp3) is 0.192. The molecule has 1 fully saturated rings. The number of hydrogen-bond donors (Lipinski definition) is 1. The molecule has 174 valence electrons. The lowest BCUT2D eigenvalue weighted by atomic mass is 9.95. The third-order valence-electron chi connectivity index (χ3n) is 5.31. The standard InChI is InChI=1S/C26H24N2O6/c1-4-14-33-20-12-8-18(9-13-20)24(29)22-23(17-6-10-19(11-7-17)32-5-2)28(26(31)25(22)30)21-15-16(3)34-27-21/h4,6-13,15,23,29H,1,5,14H2,2-3H3. The highest BCUT2D eigenvalue weighted by atomic mass is 16.5. The van der Waals surface area contributed by atoms with Crippen LogP contribution in [0.4, 0.5) is 5.82 Å². The quantitative estimate of drug-likeness (QED) is 0.227. The van der Waals surface area contributed by atoms with Crippen LogP contribution < -0.4 is 14.4 Å². The van der Waals surface area contributed by atoms with Crippen molar-refractivity contribution < 1.29 is 28.7 Å². The summed E-state index contributed by atoms with van der Waals surface area (Å²) in [6.45, 7) is 8.02. The molecule has 1 N–H and O–H groups in total. The Labute approximate surface area is 196 Å². The maximum Gasteiger partial charge on any atom is 0.301 e. The number of hydrogen-bond acceptors (Lipinski definition) is 7. The summed E-state index contributed by atoms with van der Waals surface area (Å²) in [5, 5.41) is 15.1. The molecule has 2 heterocycles. The first-order valence-electron chi connectivity index (χ1n) is 10.8. The van der Waals surface area contributed by atoms with Crippen LogP contribution in [-0.4, -0.2) is 35.2 Å². The second-order valence-corrected chi connectivity index (χ2v) is 7.59. The molecule has 8 heteroatoms. The zero-order valence-electron chi connectivity index (χ0n) is 18.9. The van der Waals surface area contributed by atoms with Crippen molar-refractivity contribution in [3.8, 4) is 11.5 Å². The number of carbonyl (C=O) groups is 2. The Morgan fingerprint density at radius 1 is 1.12 bits per heavy atom. The number of Topliss-reactive ketones (excluding diaryl/α,β-unsaturated/α-hetero) is 1. The Morgan fingerprint density at radius 2 is 1.76 bits per heavy atom. The Morgan fingerprint density at radius 3 is 2.35 bits per heavy atom. The Kier molecular flexibility index (Phi) is 6.49. The van der Waals surface area contributed by atoms with Crippen LogP contribution in [0.2, 0.25) is 0 Å². The van der Waals surface area contributed by atoms with Crippen molar-refractivity contribution in [2.45, 2.75) is 19.9 Å². The number of ether oxygens (including phenoxy) is 2. The summed E-state index contributed by atoms with van der Waals surface area (Å²) >= 11 is 0. The van der Waals surface area contributed by atoms with E-state index in [9.17, 15) is 14.7 Å². The van der Waals surface area contributed by atoms with E-state index in [1.54, 1.807) is 67.6 Å². The third kappa shape index (κ3) is 4.30. The number of ketones is 1. The van der Waals surface area contributed by atoms with Gasteiger partial charge in [0.25, 0.3) is 5.78 Å². The van der Waals surface area contributed by atoms with Crippen molar-refractivity contribution in [3.63, 3.8) is 0 Å². The van der Waals surface area contributed by atoms with Crippen LogP contribution in [0, 0.1) is 6.92 Å². The van der Waals surface area contributed by atoms with Gasteiger partial charge in [-0.1, -0.05) is 29.9 Å². The summed E-state index contributed by atoms with van der Waals surface area (Å²) < 4.78 is 16.1. The molecule has 1 aliphatic heterocycles. The van der Waals surface area contributed by atoms with Crippen molar-refractivity contribution in [2.75, 3.05) is 18.1 Å². The van der Waals surface area contributed by atoms with E-state index < -0.39 is 17.7 Å². The van der Waals surface area contributed by atoms with Crippen molar-refractivity contribution >= 4 is 23.3 Å². The molecule has 1 atom stereocenters. The summed E-state index contributed by atoms with van der Waals surface area (Å²) in [7, 11) is 0. The largest absolute Gasteiger partial charge is 0.507 e. The lowest BCUT2D eigenvalue weighted by molar-refractivity contribution is -0.132. The predicted octanol–water partition coefficient (Wildman–Crippen LogP) is 4.57. The van der Waals surface area contributed by atoms with Gasteiger partial charge in [-0.15, -0.1) is 0 Å². The van der Waals surface area contributed by atoms with Gasteiger partial charge in [0, 0.05) is 11.6 Å². The number of anilines is 1. The first kappa shape index (κ1) is 22.8. The molecule has 0 aliphatic carbocycles. The van der Waals surface area contributed by atoms with Crippen molar-refractivity contribution in [1.82, 2.24) is 5.16 Å². The van der Waals surface area contributed by atoms with Gasteiger partial charge in [0.2, 0.25) is 0 Å². The molecule has 1 aliphatic rings. The number of benzene rings is 2. The molecule has 0 bridgehead atoms. The lowest BCUT2D eigenvalue weighted by Crippen LogP contribution is -2.29. The van der Waals surface area contributed by atoms with E-state index in [1.165, 1.54) is 4.90 Å². The van der Waals surface area contributed by atoms with Gasteiger partial charge < -0.3 is 19.1 Å². The van der Waals surface area contributed by atoms with Gasteiger partial charge in [0.1, 0.15) is 29.6 Å². The molecule has 1 unspecified atom stereocenters. The fourth-order valence-electron chi connectivity index (χ4n) is 3.78. The molecular weight excluding hydrogens is 436 g/mol. The number of aliphatic hydroxyl groups is 1. The van der Waals surface area contributed by atoms with Crippen LogP contribution in [0.3, 0.4) is 0 Å². The molecule has 0 radical (unpaired) electrons. The number of aliphatic hydroxyl groups excluding tert-OH is 1. The minimum Gasteiger partial charge on any atom is -0.507 e. The van der Waals surface area contributed by atoms with E-state index in [0.29, 0.717) is 41.6 Å². The van der Waals surface area contributed by atoms with Crippen molar-refractivity contribution in [1.29, 1.82) is 0 Å². The summed E-state index contributed by atoms with van der Waals surface area (Å²) in [5.74, 6) is -0.0179. The molecular formula is C26H24N2O6. The highest BCUT2D eigenvalue weighted by Gasteiger charge is 2.48. The van der Waals surface area contributed by atoms with Gasteiger partial charge in [-0.25, -0.2) is 0 Å². The Bertz CT molecular complexity index is 1240. The molecule has 1 amide bonds. The monoisotopic (exact) mass is 460 g/mol. The van der Waals surface area contributed by atoms with Crippen LogP contribution in [0.5, 0.6) is 11.5 Å². The predicted molar refractivity (Wildman–Crippen MR) is 126 cm³/mol. The summed E-state index contributed by atoms with van der Waals surface area (Å²) in [4.78, 5) is 27.5. The zero-order chi connectivity index (χ0) is 24.2. The van der Waals surface area contributed by atoms with Crippen LogP contribution in [0.15, 0.2) is 77.3 Å². The van der Waals surface area contributed by atoms with E-state index in [0.717, 1.165) is 0 Å². The van der Waals surface area contributed by atoms with Gasteiger partial charge in [-0.2, -0.15) is 0 Å². The van der Waals surface area contributed by atoms with E-state index in [-0.39, 0.29) is 17.2 Å². The van der Waals surface area contributed by atoms with Gasteiger partial charge in [0.15, 0.2) is 5.82 Å². The first-order chi connectivity index (χ1) is 16.4.